The van der Waals surface area contributed by atoms with Gasteiger partial charge in [-0.1, -0.05) is 48.5 Å². The molecule has 1 amide bonds. The number of ether oxygens (including phenoxy) is 3. The van der Waals surface area contributed by atoms with E-state index in [1.807, 2.05) is 54.6 Å². The molecule has 1 aliphatic heterocycles. The number of piperidine rings is 1. The topological polar surface area (TPSA) is 94.2 Å². The van der Waals surface area contributed by atoms with Crippen molar-refractivity contribution in [3.05, 3.63) is 78.4 Å². The van der Waals surface area contributed by atoms with Crippen molar-refractivity contribution >= 4 is 18.0 Å². The van der Waals surface area contributed by atoms with Gasteiger partial charge in [0, 0.05) is 38.4 Å². The largest absolute Gasteiger partial charge is 0.457 e. The Morgan fingerprint density at radius 2 is 1.87 bits per heavy atom. The van der Waals surface area contributed by atoms with E-state index in [-0.39, 0.29) is 18.6 Å². The highest BCUT2D eigenvalue weighted by molar-refractivity contribution is 5.70. The van der Waals surface area contributed by atoms with Crippen molar-refractivity contribution in [1.82, 2.24) is 10.2 Å². The lowest BCUT2D eigenvalue weighted by molar-refractivity contribution is -0.186. The third-order valence-electron chi connectivity index (χ3n) is 7.61. The van der Waals surface area contributed by atoms with Crippen LogP contribution in [0.15, 0.2) is 67.3 Å². The molecule has 202 valence electrons. The maximum Gasteiger partial charge on any atom is 0.407 e. The number of amides is 1. The van der Waals surface area contributed by atoms with Crippen LogP contribution in [0.3, 0.4) is 0 Å². The number of hydrogen-bond acceptors (Lipinski definition) is 7. The smallest absolute Gasteiger partial charge is 0.407 e. The van der Waals surface area contributed by atoms with E-state index in [1.54, 1.807) is 6.07 Å². The van der Waals surface area contributed by atoms with E-state index in [1.165, 1.54) is 13.8 Å². The van der Waals surface area contributed by atoms with E-state index in [2.05, 4.69) is 16.8 Å². The number of rotatable bonds is 8. The van der Waals surface area contributed by atoms with Crippen LogP contribution in [0.2, 0.25) is 0 Å². The minimum Gasteiger partial charge on any atom is -0.457 e. The van der Waals surface area contributed by atoms with Gasteiger partial charge in [-0.2, -0.15) is 0 Å². The van der Waals surface area contributed by atoms with Gasteiger partial charge in [0.05, 0.1) is 0 Å². The molecule has 3 atom stereocenters. The second-order valence-electron chi connectivity index (χ2n) is 10.2. The number of benzene rings is 2. The van der Waals surface area contributed by atoms with Gasteiger partial charge in [-0.05, 0) is 55.5 Å². The van der Waals surface area contributed by atoms with E-state index in [0.29, 0.717) is 44.5 Å². The molecule has 1 saturated carbocycles. The first kappa shape index (κ1) is 27.4. The third kappa shape index (κ3) is 6.07. The number of nitrogens with one attached hydrogen (secondary N) is 1. The van der Waals surface area contributed by atoms with Crippen LogP contribution in [-0.4, -0.2) is 54.2 Å². The van der Waals surface area contributed by atoms with Gasteiger partial charge in [0.25, 0.3) is 0 Å². The third-order valence-corrected chi connectivity index (χ3v) is 7.61. The van der Waals surface area contributed by atoms with Gasteiger partial charge in [-0.15, -0.1) is 6.58 Å². The Hall–Kier alpha value is -3.65. The molecule has 1 heterocycles. The van der Waals surface area contributed by atoms with Gasteiger partial charge in [-0.3, -0.25) is 14.5 Å². The average molecular weight is 521 g/mol. The molecule has 0 aromatic heterocycles. The van der Waals surface area contributed by atoms with Crippen molar-refractivity contribution in [2.45, 2.75) is 63.2 Å². The van der Waals surface area contributed by atoms with E-state index >= 15 is 0 Å². The van der Waals surface area contributed by atoms with Gasteiger partial charge in [-0.25, -0.2) is 4.79 Å². The summed E-state index contributed by atoms with van der Waals surface area (Å²) in [5, 5.41) is 3.05. The molecule has 1 aliphatic carbocycles. The molecule has 0 radical (unpaired) electrons. The maximum atomic E-state index is 12.8. The first-order chi connectivity index (χ1) is 18.2. The summed E-state index contributed by atoms with van der Waals surface area (Å²) in [6.07, 6.45) is 3.79. The van der Waals surface area contributed by atoms with Crippen LogP contribution >= 0.6 is 0 Å². The summed E-state index contributed by atoms with van der Waals surface area (Å²) in [6, 6.07) is 16.8. The first-order valence-electron chi connectivity index (χ1n) is 13.0. The predicted octanol–water partition coefficient (Wildman–Crippen LogP) is 4.52. The Morgan fingerprint density at radius 3 is 2.58 bits per heavy atom. The van der Waals surface area contributed by atoms with Crippen LogP contribution in [0.5, 0.6) is 5.75 Å². The monoisotopic (exact) mass is 520 g/mol. The highest BCUT2D eigenvalue weighted by atomic mass is 16.6. The Bertz CT molecular complexity index is 1170. The number of nitrogens with zero attached hydrogens (tertiary/aromatic N) is 1. The van der Waals surface area contributed by atoms with Crippen LogP contribution in [-0.2, 0) is 31.1 Å². The Labute approximate surface area is 223 Å². The predicted molar refractivity (Wildman–Crippen MR) is 143 cm³/mol. The molecule has 2 aromatic rings. The number of carbonyl (C=O) groups is 3. The van der Waals surface area contributed by atoms with E-state index in [0.717, 1.165) is 17.7 Å². The summed E-state index contributed by atoms with van der Waals surface area (Å²) in [7, 11) is 0. The lowest BCUT2D eigenvalue weighted by Crippen LogP contribution is -2.68. The molecular formula is C30H36N2O6. The number of esters is 2. The number of carbonyl (C=O) groups excluding carboxylic acids is 3. The lowest BCUT2D eigenvalue weighted by atomic mass is 9.55. The summed E-state index contributed by atoms with van der Waals surface area (Å²) in [5.74, 6) is -0.317. The molecule has 38 heavy (non-hydrogen) atoms. The van der Waals surface area contributed by atoms with Crippen molar-refractivity contribution in [2.75, 3.05) is 19.6 Å². The fraction of sp³-hybridized carbons (Fsp3) is 0.433. The fourth-order valence-corrected chi connectivity index (χ4v) is 6.10. The molecule has 0 spiro atoms. The Kier molecular flexibility index (Phi) is 8.52. The average Bonchev–Trinajstić information content (AvgIpc) is 2.88. The van der Waals surface area contributed by atoms with Crippen molar-refractivity contribution in [3.63, 3.8) is 0 Å². The molecule has 1 N–H and O–H groups in total. The highest BCUT2D eigenvalue weighted by Gasteiger charge is 2.60. The van der Waals surface area contributed by atoms with Gasteiger partial charge < -0.3 is 19.5 Å². The first-order valence-corrected chi connectivity index (χ1v) is 13.0. The summed E-state index contributed by atoms with van der Waals surface area (Å²) in [6.45, 7) is 8.85. The minimum absolute atomic E-state index is 0.183. The van der Waals surface area contributed by atoms with Crippen molar-refractivity contribution in [2.24, 2.45) is 0 Å². The zero-order valence-electron chi connectivity index (χ0n) is 22.1. The van der Waals surface area contributed by atoms with Gasteiger partial charge in [0.15, 0.2) is 0 Å². The van der Waals surface area contributed by atoms with Crippen LogP contribution in [0, 0.1) is 0 Å². The second-order valence-corrected chi connectivity index (χ2v) is 10.2. The van der Waals surface area contributed by atoms with Gasteiger partial charge in [0.1, 0.15) is 18.0 Å². The maximum absolute atomic E-state index is 12.8. The van der Waals surface area contributed by atoms with Crippen LogP contribution in [0.1, 0.15) is 50.7 Å². The molecule has 8 heteroatoms. The number of likely N-dealkylation sites (tertiary alicyclic amines) is 1. The number of hydrogen-bond donors (Lipinski definition) is 1. The quantitative estimate of drug-likeness (QED) is 0.311. The van der Waals surface area contributed by atoms with Gasteiger partial charge in [0.2, 0.25) is 0 Å². The lowest BCUT2D eigenvalue weighted by Gasteiger charge is -2.59. The van der Waals surface area contributed by atoms with E-state index in [9.17, 15) is 14.4 Å². The number of alkyl carbamates (subject to hydrolysis) is 1. The normalized spacial score (nSPS) is 24.9. The SMILES string of the molecule is C=CCN1CC[C@@]2(c3cccc(OC(C)=O)c3)C[C@H](NC(=O)OCc3ccccc3)CC[C@]2(OC(C)=O)C1. The Morgan fingerprint density at radius 1 is 1.08 bits per heavy atom. The zero-order chi connectivity index (χ0) is 27.2. The highest BCUT2D eigenvalue weighted by Crippen LogP contribution is 2.54. The standard InChI is InChI=1S/C30H36N2O6/c1-4-16-32-17-15-29(25-11-8-12-27(18-25)37-22(2)33)19-26(13-14-30(29,21-32)38-23(3)34)31-28(35)36-20-24-9-6-5-7-10-24/h4-12,18,26H,1,13-17,19-21H2,2-3H3,(H,31,35)/t26-,29+,30+/m1/s1. The molecule has 0 bridgehead atoms. The second kappa shape index (κ2) is 11.8. The van der Waals surface area contributed by atoms with Crippen molar-refractivity contribution in [1.29, 1.82) is 0 Å². The summed E-state index contributed by atoms with van der Waals surface area (Å²) in [5.41, 5.74) is 0.400. The number of fused-ring (bicyclic) bond motifs is 1. The summed E-state index contributed by atoms with van der Waals surface area (Å²) >= 11 is 0. The summed E-state index contributed by atoms with van der Waals surface area (Å²) in [4.78, 5) is 39.1. The van der Waals surface area contributed by atoms with Crippen LogP contribution in [0.25, 0.3) is 0 Å². The van der Waals surface area contributed by atoms with Gasteiger partial charge >= 0.3 is 18.0 Å². The van der Waals surface area contributed by atoms with Crippen molar-refractivity contribution in [3.8, 4) is 5.75 Å². The molecule has 1 saturated heterocycles. The minimum atomic E-state index is -0.818. The molecule has 2 aromatic carbocycles. The molecule has 2 aliphatic rings. The Balaban J connectivity index is 1.64. The van der Waals surface area contributed by atoms with Crippen LogP contribution in [0.4, 0.5) is 4.79 Å². The summed E-state index contributed by atoms with van der Waals surface area (Å²) < 4.78 is 17.1. The molecule has 2 fully saturated rings. The zero-order valence-corrected chi connectivity index (χ0v) is 22.1. The van der Waals surface area contributed by atoms with Crippen LogP contribution < -0.4 is 10.1 Å². The molecular weight excluding hydrogens is 484 g/mol. The van der Waals surface area contributed by atoms with Crippen molar-refractivity contribution < 1.29 is 28.6 Å². The van der Waals surface area contributed by atoms with E-state index < -0.39 is 23.1 Å². The molecule has 8 nitrogen and oxygen atoms in total. The molecule has 4 rings (SSSR count). The fourth-order valence-electron chi connectivity index (χ4n) is 6.10. The molecule has 0 unspecified atom stereocenters. The van der Waals surface area contributed by atoms with E-state index in [4.69, 9.17) is 14.2 Å².